The van der Waals surface area contributed by atoms with Crippen molar-refractivity contribution < 1.29 is 17.4 Å². The van der Waals surface area contributed by atoms with Gasteiger partial charge in [-0.05, 0) is 51.3 Å². The summed E-state index contributed by atoms with van der Waals surface area (Å²) in [6.45, 7) is 5.10. The van der Waals surface area contributed by atoms with Gasteiger partial charge in [0.05, 0.1) is 0 Å². The summed E-state index contributed by atoms with van der Waals surface area (Å²) >= 11 is -0.474. The standard InChI is InChI=1S/C18H20O4S2/c1-13-5-9-15(10-6-13)21-24(20)22-18(2,3)17(19)14-7-11-16(23-4)12-8-14/h5-12H,1-4H3. The first kappa shape index (κ1) is 18.7. The summed E-state index contributed by atoms with van der Waals surface area (Å²) in [4.78, 5) is 13.6. The number of Topliss-reactive ketones (excluding diaryl/α,β-unsaturated/α-hetero) is 1. The third-order valence-corrected chi connectivity index (χ3v) is 4.99. The first-order valence-electron chi connectivity index (χ1n) is 7.37. The molecule has 0 spiro atoms. The average Bonchev–Trinajstić information content (AvgIpc) is 2.56. The van der Waals surface area contributed by atoms with Gasteiger partial charge in [0.2, 0.25) is 0 Å². The number of rotatable bonds is 7. The molecule has 0 saturated carbocycles. The van der Waals surface area contributed by atoms with Crippen molar-refractivity contribution in [3.05, 3.63) is 59.7 Å². The molecule has 0 aromatic heterocycles. The number of hydrogen-bond donors (Lipinski definition) is 0. The normalized spacial score (nSPS) is 12.7. The van der Waals surface area contributed by atoms with E-state index in [-0.39, 0.29) is 5.78 Å². The van der Waals surface area contributed by atoms with Crippen molar-refractivity contribution in [3.8, 4) is 5.75 Å². The molecule has 0 fully saturated rings. The molecule has 1 unspecified atom stereocenters. The third-order valence-electron chi connectivity index (χ3n) is 3.36. The Morgan fingerprint density at radius 2 is 1.62 bits per heavy atom. The van der Waals surface area contributed by atoms with Crippen LogP contribution < -0.4 is 4.18 Å². The molecular weight excluding hydrogens is 344 g/mol. The van der Waals surface area contributed by atoms with Crippen LogP contribution in [0.2, 0.25) is 0 Å². The SMILES string of the molecule is CSc1ccc(C(=O)C(C)(C)OS(=O)Oc2ccc(C)cc2)cc1. The van der Waals surface area contributed by atoms with Crippen LogP contribution in [0.25, 0.3) is 0 Å². The maximum Gasteiger partial charge on any atom is 0.361 e. The minimum Gasteiger partial charge on any atom is -0.380 e. The smallest absolute Gasteiger partial charge is 0.361 e. The Bertz CT molecular complexity index is 722. The Hall–Kier alpha value is -1.63. The topological polar surface area (TPSA) is 52.6 Å². The summed E-state index contributed by atoms with van der Waals surface area (Å²) in [5, 5.41) is 0. The molecule has 0 bridgehead atoms. The lowest BCUT2D eigenvalue weighted by Crippen LogP contribution is -2.36. The fraction of sp³-hybridized carbons (Fsp3) is 0.278. The molecule has 2 aromatic carbocycles. The molecule has 1 atom stereocenters. The van der Waals surface area contributed by atoms with Gasteiger partial charge in [-0.2, -0.15) is 4.21 Å². The van der Waals surface area contributed by atoms with Gasteiger partial charge in [0.1, 0.15) is 11.4 Å². The van der Waals surface area contributed by atoms with Gasteiger partial charge in [-0.15, -0.1) is 11.8 Å². The third kappa shape index (κ3) is 4.93. The molecule has 0 N–H and O–H groups in total. The highest BCUT2D eigenvalue weighted by molar-refractivity contribution is 7.98. The zero-order valence-corrected chi connectivity index (χ0v) is 15.7. The molecule has 0 amide bonds. The second-order valence-corrected chi connectivity index (χ2v) is 7.37. The molecule has 24 heavy (non-hydrogen) atoms. The number of carbonyl (C=O) groups excluding carboxylic acids is 1. The van der Waals surface area contributed by atoms with Crippen LogP contribution in [0.5, 0.6) is 5.75 Å². The van der Waals surface area contributed by atoms with E-state index in [1.807, 2.05) is 37.4 Å². The summed E-state index contributed by atoms with van der Waals surface area (Å²) in [6.07, 6.45) is 1.97. The van der Waals surface area contributed by atoms with Gasteiger partial charge in [0, 0.05) is 10.5 Å². The highest BCUT2D eigenvalue weighted by Gasteiger charge is 2.33. The van der Waals surface area contributed by atoms with Crippen molar-refractivity contribution >= 4 is 28.9 Å². The van der Waals surface area contributed by atoms with Crippen LogP contribution in [-0.4, -0.2) is 21.8 Å². The molecular formula is C18H20O4S2. The number of ketones is 1. The van der Waals surface area contributed by atoms with E-state index >= 15 is 0 Å². The zero-order chi connectivity index (χ0) is 17.7. The van der Waals surface area contributed by atoms with Gasteiger partial charge in [0.15, 0.2) is 5.78 Å². The van der Waals surface area contributed by atoms with Crippen molar-refractivity contribution in [1.29, 1.82) is 0 Å². The molecule has 128 valence electrons. The van der Waals surface area contributed by atoms with Crippen LogP contribution in [0, 0.1) is 6.92 Å². The van der Waals surface area contributed by atoms with E-state index in [0.29, 0.717) is 11.3 Å². The minimum atomic E-state index is -2.07. The summed E-state index contributed by atoms with van der Waals surface area (Å²) in [5.41, 5.74) is 0.305. The van der Waals surface area contributed by atoms with E-state index < -0.39 is 17.0 Å². The average molecular weight is 364 g/mol. The Labute approximate surface area is 149 Å². The van der Waals surface area contributed by atoms with Gasteiger partial charge in [-0.25, -0.2) is 4.18 Å². The Balaban J connectivity index is 2.04. The molecule has 0 heterocycles. The lowest BCUT2D eigenvalue weighted by Gasteiger charge is -2.22. The van der Waals surface area contributed by atoms with E-state index in [1.165, 1.54) is 0 Å². The van der Waals surface area contributed by atoms with Crippen LogP contribution >= 0.6 is 11.8 Å². The van der Waals surface area contributed by atoms with E-state index in [9.17, 15) is 9.00 Å². The van der Waals surface area contributed by atoms with Gasteiger partial charge in [-0.3, -0.25) is 4.79 Å². The number of benzene rings is 2. The molecule has 4 nitrogen and oxygen atoms in total. The predicted octanol–water partition coefficient (Wildman–Crippen LogP) is 4.35. The minimum absolute atomic E-state index is 0.254. The van der Waals surface area contributed by atoms with E-state index in [4.69, 9.17) is 8.37 Å². The fourth-order valence-electron chi connectivity index (χ4n) is 1.99. The van der Waals surface area contributed by atoms with Crippen LogP contribution in [0.4, 0.5) is 0 Å². The van der Waals surface area contributed by atoms with Crippen molar-refractivity contribution in [2.75, 3.05) is 6.26 Å². The lowest BCUT2D eigenvalue weighted by atomic mass is 9.97. The molecule has 0 aliphatic rings. The second-order valence-electron chi connectivity index (χ2n) is 5.75. The van der Waals surface area contributed by atoms with Crippen LogP contribution in [0.1, 0.15) is 29.8 Å². The predicted molar refractivity (Wildman–Crippen MR) is 97.7 cm³/mol. The number of thioether (sulfide) groups is 1. The first-order chi connectivity index (χ1) is 11.3. The number of carbonyl (C=O) groups is 1. The first-order valence-corrected chi connectivity index (χ1v) is 9.59. The Morgan fingerprint density at radius 1 is 1.04 bits per heavy atom. The highest BCUT2D eigenvalue weighted by atomic mass is 32.2. The molecule has 0 aliphatic heterocycles. The summed E-state index contributed by atoms with van der Waals surface area (Å²) in [7, 11) is 0. The van der Waals surface area contributed by atoms with E-state index in [2.05, 4.69) is 0 Å². The summed E-state index contributed by atoms with van der Waals surface area (Å²) in [5.74, 6) is 0.169. The van der Waals surface area contributed by atoms with E-state index in [0.717, 1.165) is 10.5 Å². The van der Waals surface area contributed by atoms with Crippen LogP contribution in [0.3, 0.4) is 0 Å². The molecule has 0 saturated heterocycles. The molecule has 2 aromatic rings. The lowest BCUT2D eigenvalue weighted by molar-refractivity contribution is 0.0602. The summed E-state index contributed by atoms with van der Waals surface area (Å²) in [6, 6.07) is 14.3. The Morgan fingerprint density at radius 3 is 2.17 bits per heavy atom. The molecule has 0 aliphatic carbocycles. The fourth-order valence-corrected chi connectivity index (χ4v) is 3.11. The largest absolute Gasteiger partial charge is 0.380 e. The van der Waals surface area contributed by atoms with Crippen molar-refractivity contribution in [2.24, 2.45) is 0 Å². The molecule has 6 heteroatoms. The van der Waals surface area contributed by atoms with Crippen LogP contribution in [-0.2, 0) is 15.5 Å². The van der Waals surface area contributed by atoms with Crippen molar-refractivity contribution in [1.82, 2.24) is 0 Å². The number of hydrogen-bond acceptors (Lipinski definition) is 5. The quantitative estimate of drug-likeness (QED) is 0.540. The Kier molecular flexibility index (Phi) is 6.21. The maximum atomic E-state index is 12.6. The van der Waals surface area contributed by atoms with Crippen molar-refractivity contribution in [3.63, 3.8) is 0 Å². The summed E-state index contributed by atoms with van der Waals surface area (Å²) < 4.78 is 22.6. The maximum absolute atomic E-state index is 12.6. The molecule has 0 radical (unpaired) electrons. The van der Waals surface area contributed by atoms with E-state index in [1.54, 1.807) is 49.9 Å². The van der Waals surface area contributed by atoms with Gasteiger partial charge in [0.25, 0.3) is 0 Å². The van der Waals surface area contributed by atoms with Crippen molar-refractivity contribution in [2.45, 2.75) is 31.3 Å². The highest BCUT2D eigenvalue weighted by Crippen LogP contribution is 2.22. The monoisotopic (exact) mass is 364 g/mol. The second kappa shape index (κ2) is 7.96. The van der Waals surface area contributed by atoms with Gasteiger partial charge < -0.3 is 4.18 Å². The van der Waals surface area contributed by atoms with Gasteiger partial charge >= 0.3 is 11.4 Å². The molecule has 2 rings (SSSR count). The number of aryl methyl sites for hydroxylation is 1. The van der Waals surface area contributed by atoms with Crippen LogP contribution in [0.15, 0.2) is 53.4 Å². The zero-order valence-electron chi connectivity index (χ0n) is 14.1. The van der Waals surface area contributed by atoms with Gasteiger partial charge in [-0.1, -0.05) is 29.8 Å².